The van der Waals surface area contributed by atoms with E-state index in [0.717, 1.165) is 19.4 Å². The molecule has 1 heterocycles. The molecule has 1 aromatic heterocycles. The lowest BCUT2D eigenvalue weighted by atomic mass is 10.1. The molecule has 0 aliphatic heterocycles. The van der Waals surface area contributed by atoms with Gasteiger partial charge in [-0.25, -0.2) is 0 Å². The summed E-state index contributed by atoms with van der Waals surface area (Å²) in [6, 6.07) is 0. The first kappa shape index (κ1) is 17.5. The fraction of sp³-hybridized carbons (Fsp3) is 0.600. The normalized spacial score (nSPS) is 11.1. The zero-order chi connectivity index (χ0) is 16.2. The largest absolute Gasteiger partial charge is 0.397 e. The third-order valence-electron chi connectivity index (χ3n) is 3.18. The number of amides is 1. The minimum absolute atomic E-state index is 0.0600. The maximum atomic E-state index is 12.1. The van der Waals surface area contributed by atoms with Gasteiger partial charge in [0.1, 0.15) is 5.00 Å². The third kappa shape index (κ3) is 4.46. The number of primary amides is 1. The second kappa shape index (κ2) is 7.45. The van der Waals surface area contributed by atoms with Crippen LogP contribution in [0.2, 0.25) is 0 Å². The summed E-state index contributed by atoms with van der Waals surface area (Å²) in [7, 11) is 0. The van der Waals surface area contributed by atoms with Gasteiger partial charge in [-0.3, -0.25) is 9.59 Å². The molecule has 0 fully saturated rings. The van der Waals surface area contributed by atoms with E-state index in [-0.39, 0.29) is 23.0 Å². The van der Waals surface area contributed by atoms with Gasteiger partial charge in [0.15, 0.2) is 5.78 Å². The van der Waals surface area contributed by atoms with Crippen LogP contribution >= 0.6 is 11.3 Å². The number of nitrogens with one attached hydrogen (secondary N) is 1. The van der Waals surface area contributed by atoms with Crippen molar-refractivity contribution in [2.45, 2.75) is 40.5 Å². The molecule has 0 saturated carbocycles. The van der Waals surface area contributed by atoms with Crippen LogP contribution in [0.5, 0.6) is 0 Å². The zero-order valence-electron chi connectivity index (χ0n) is 13.2. The quantitative estimate of drug-likeness (QED) is 0.507. The summed E-state index contributed by atoms with van der Waals surface area (Å²) in [5.41, 5.74) is 11.8. The van der Waals surface area contributed by atoms with Crippen molar-refractivity contribution < 1.29 is 9.59 Å². The smallest absolute Gasteiger partial charge is 0.253 e. The number of carbonyl (C=O) groups is 2. The molecular weight excluding hydrogens is 286 g/mol. The number of nitrogens with two attached hydrogens (primary N) is 2. The predicted octanol–water partition coefficient (Wildman–Crippen LogP) is 3.12. The van der Waals surface area contributed by atoms with Gasteiger partial charge in [0.25, 0.3) is 5.91 Å². The van der Waals surface area contributed by atoms with Crippen molar-refractivity contribution in [2.75, 3.05) is 17.6 Å². The van der Waals surface area contributed by atoms with Crippen molar-refractivity contribution in [3.8, 4) is 0 Å². The van der Waals surface area contributed by atoms with E-state index >= 15 is 0 Å². The van der Waals surface area contributed by atoms with Gasteiger partial charge in [-0.2, -0.15) is 0 Å². The van der Waals surface area contributed by atoms with Gasteiger partial charge in [-0.05, 0) is 18.8 Å². The summed E-state index contributed by atoms with van der Waals surface area (Å²) < 4.78 is 0. The van der Waals surface area contributed by atoms with Crippen LogP contribution in [-0.4, -0.2) is 18.2 Å². The first-order valence-corrected chi connectivity index (χ1v) is 8.07. The molecule has 0 aromatic carbocycles. The molecule has 0 aliphatic carbocycles. The van der Waals surface area contributed by atoms with Gasteiger partial charge in [-0.1, -0.05) is 27.7 Å². The Morgan fingerprint density at radius 1 is 1.24 bits per heavy atom. The van der Waals surface area contributed by atoms with E-state index in [2.05, 4.69) is 19.2 Å². The van der Waals surface area contributed by atoms with Crippen molar-refractivity contribution in [3.63, 3.8) is 0 Å². The highest BCUT2D eigenvalue weighted by atomic mass is 32.1. The number of Topliss-reactive ketones (excluding diaryl/α,β-unsaturated/α-hetero) is 1. The fourth-order valence-electron chi connectivity index (χ4n) is 1.97. The monoisotopic (exact) mass is 311 g/mol. The SMILES string of the molecule is CC(C)CCCNc1sc(C(=O)C(C)C)c(N)c1C(N)=O. The fourth-order valence-corrected chi connectivity index (χ4v) is 3.21. The molecule has 118 valence electrons. The van der Waals surface area contributed by atoms with Crippen LogP contribution in [0, 0.1) is 11.8 Å². The Labute approximate surface area is 130 Å². The van der Waals surface area contributed by atoms with Crippen LogP contribution in [0.3, 0.4) is 0 Å². The molecular formula is C15H25N3O2S. The van der Waals surface area contributed by atoms with Gasteiger partial charge in [-0.15, -0.1) is 11.3 Å². The number of hydrogen-bond acceptors (Lipinski definition) is 5. The molecule has 0 aliphatic rings. The molecule has 21 heavy (non-hydrogen) atoms. The molecule has 0 radical (unpaired) electrons. The lowest BCUT2D eigenvalue weighted by molar-refractivity contribution is 0.0944. The second-order valence-corrected chi connectivity index (χ2v) is 6.92. The second-order valence-electron chi connectivity index (χ2n) is 5.90. The zero-order valence-corrected chi connectivity index (χ0v) is 14.0. The average molecular weight is 311 g/mol. The van der Waals surface area contributed by atoms with Crippen molar-refractivity contribution in [1.29, 1.82) is 0 Å². The molecule has 6 heteroatoms. The standard InChI is InChI=1S/C15H25N3O2S/c1-8(2)6-5-7-18-15-10(14(17)20)11(16)13(21-15)12(19)9(3)4/h8-9,18H,5-7,16H2,1-4H3,(H2,17,20). The maximum Gasteiger partial charge on any atom is 0.253 e. The molecule has 0 bridgehead atoms. The van der Waals surface area contributed by atoms with Crippen LogP contribution < -0.4 is 16.8 Å². The van der Waals surface area contributed by atoms with E-state index in [1.165, 1.54) is 11.3 Å². The van der Waals surface area contributed by atoms with E-state index < -0.39 is 5.91 Å². The molecule has 1 amide bonds. The molecule has 0 unspecified atom stereocenters. The summed E-state index contributed by atoms with van der Waals surface area (Å²) in [5, 5.41) is 3.79. The number of hydrogen-bond donors (Lipinski definition) is 3. The van der Waals surface area contributed by atoms with Gasteiger partial charge in [0.05, 0.1) is 16.1 Å². The van der Waals surface area contributed by atoms with Crippen molar-refractivity contribution >= 4 is 33.7 Å². The summed E-state index contributed by atoms with van der Waals surface area (Å²) in [5.74, 6) is -0.192. The highest BCUT2D eigenvalue weighted by Gasteiger charge is 2.25. The van der Waals surface area contributed by atoms with Crippen molar-refractivity contribution in [2.24, 2.45) is 17.6 Å². The van der Waals surface area contributed by atoms with Crippen LogP contribution in [0.4, 0.5) is 10.7 Å². The number of nitrogen functional groups attached to an aromatic ring is 1. The van der Waals surface area contributed by atoms with E-state index in [1.807, 2.05) is 0 Å². The Morgan fingerprint density at radius 3 is 2.33 bits per heavy atom. The van der Waals surface area contributed by atoms with E-state index in [1.54, 1.807) is 13.8 Å². The van der Waals surface area contributed by atoms with Crippen LogP contribution in [-0.2, 0) is 0 Å². The van der Waals surface area contributed by atoms with Crippen LogP contribution in [0.15, 0.2) is 0 Å². The topological polar surface area (TPSA) is 98.2 Å². The maximum absolute atomic E-state index is 12.1. The van der Waals surface area contributed by atoms with Gasteiger partial charge < -0.3 is 16.8 Å². The predicted molar refractivity (Wildman–Crippen MR) is 89.0 cm³/mol. The Morgan fingerprint density at radius 2 is 1.86 bits per heavy atom. The summed E-state index contributed by atoms with van der Waals surface area (Å²) in [6.45, 7) is 8.67. The number of anilines is 2. The number of rotatable bonds is 8. The Bertz CT molecular complexity index is 521. The van der Waals surface area contributed by atoms with Crippen LogP contribution in [0.1, 0.15) is 60.6 Å². The lowest BCUT2D eigenvalue weighted by Gasteiger charge is -2.07. The number of ketones is 1. The summed E-state index contributed by atoms with van der Waals surface area (Å²) in [6.07, 6.45) is 2.08. The van der Waals surface area contributed by atoms with E-state index in [0.29, 0.717) is 15.8 Å². The lowest BCUT2D eigenvalue weighted by Crippen LogP contribution is -2.16. The minimum Gasteiger partial charge on any atom is -0.397 e. The Kier molecular flexibility index (Phi) is 6.20. The minimum atomic E-state index is -0.599. The number of thiophene rings is 1. The van der Waals surface area contributed by atoms with Gasteiger partial charge in [0, 0.05) is 12.5 Å². The van der Waals surface area contributed by atoms with E-state index in [9.17, 15) is 9.59 Å². The number of carbonyl (C=O) groups excluding carboxylic acids is 2. The first-order chi connectivity index (χ1) is 9.75. The summed E-state index contributed by atoms with van der Waals surface area (Å²) >= 11 is 1.22. The Balaban J connectivity index is 2.95. The molecule has 5 nitrogen and oxygen atoms in total. The molecule has 0 atom stereocenters. The highest BCUT2D eigenvalue weighted by molar-refractivity contribution is 7.19. The van der Waals surface area contributed by atoms with Crippen molar-refractivity contribution in [1.82, 2.24) is 0 Å². The molecule has 5 N–H and O–H groups in total. The van der Waals surface area contributed by atoms with Gasteiger partial charge in [0.2, 0.25) is 0 Å². The molecule has 1 aromatic rings. The third-order valence-corrected chi connectivity index (χ3v) is 4.36. The highest BCUT2D eigenvalue weighted by Crippen LogP contribution is 2.36. The van der Waals surface area contributed by atoms with E-state index in [4.69, 9.17) is 11.5 Å². The van der Waals surface area contributed by atoms with Crippen molar-refractivity contribution in [3.05, 3.63) is 10.4 Å². The van der Waals surface area contributed by atoms with Crippen LogP contribution in [0.25, 0.3) is 0 Å². The average Bonchev–Trinajstić information content (AvgIpc) is 2.70. The first-order valence-electron chi connectivity index (χ1n) is 7.25. The molecule has 0 spiro atoms. The molecule has 1 rings (SSSR count). The molecule has 0 saturated heterocycles. The summed E-state index contributed by atoms with van der Waals surface area (Å²) in [4.78, 5) is 24.1. The van der Waals surface area contributed by atoms with Gasteiger partial charge >= 0.3 is 0 Å². The Hall–Kier alpha value is -1.56.